The smallest absolute Gasteiger partial charge is 0.326 e. The number of hydrogen-bond donors (Lipinski definition) is 6. The number of rotatable bonds is 10. The lowest BCUT2D eigenvalue weighted by Gasteiger charge is -2.23. The molecule has 0 aliphatic rings. The number of carbonyl (C=O) groups excluding carboxylic acids is 3. The Morgan fingerprint density at radius 3 is 2.07 bits per heavy atom. The molecule has 0 fully saturated rings. The number of primary amides is 1. The number of nitrogens with two attached hydrogens (primary N) is 2. The van der Waals surface area contributed by atoms with Crippen molar-refractivity contribution in [1.29, 1.82) is 0 Å². The SMILES string of the molecule is C[C@@H](O)[C@H](N)C(=O)N[C@@H](Cc1ccccc1)C(=O)N[C@@H](CC(N)=O)C(=O)O. The van der Waals surface area contributed by atoms with Crippen LogP contribution in [-0.4, -0.2) is 58.1 Å². The molecular weight excluding hydrogens is 356 g/mol. The first-order valence-corrected chi connectivity index (χ1v) is 8.21. The number of carboxylic acid groups (broad SMARTS) is 1. The Balaban J connectivity index is 2.97. The maximum atomic E-state index is 12.5. The summed E-state index contributed by atoms with van der Waals surface area (Å²) < 4.78 is 0. The van der Waals surface area contributed by atoms with Gasteiger partial charge in [-0.3, -0.25) is 14.4 Å². The van der Waals surface area contributed by atoms with Crippen LogP contribution in [0.1, 0.15) is 18.9 Å². The minimum absolute atomic E-state index is 0.0495. The molecule has 0 unspecified atom stereocenters. The van der Waals surface area contributed by atoms with Crippen LogP contribution in [0.3, 0.4) is 0 Å². The van der Waals surface area contributed by atoms with Gasteiger partial charge in [-0.1, -0.05) is 30.3 Å². The zero-order valence-corrected chi connectivity index (χ0v) is 14.8. The van der Waals surface area contributed by atoms with E-state index in [1.54, 1.807) is 30.3 Å². The van der Waals surface area contributed by atoms with E-state index in [2.05, 4.69) is 10.6 Å². The van der Waals surface area contributed by atoms with Gasteiger partial charge in [0.1, 0.15) is 18.1 Å². The Hall–Kier alpha value is -2.98. The topological polar surface area (TPSA) is 185 Å². The first-order chi connectivity index (χ1) is 12.6. The first-order valence-electron chi connectivity index (χ1n) is 8.21. The first kappa shape index (κ1) is 22.1. The Bertz CT molecular complexity index is 679. The van der Waals surface area contributed by atoms with E-state index in [0.29, 0.717) is 5.56 Å². The fourth-order valence-electron chi connectivity index (χ4n) is 2.22. The predicted octanol–water partition coefficient (Wildman–Crippen LogP) is -2.13. The zero-order valence-electron chi connectivity index (χ0n) is 14.8. The molecule has 8 N–H and O–H groups in total. The maximum Gasteiger partial charge on any atom is 0.326 e. The second-order valence-corrected chi connectivity index (χ2v) is 6.09. The van der Waals surface area contributed by atoms with E-state index in [1.165, 1.54) is 6.92 Å². The molecule has 0 heterocycles. The van der Waals surface area contributed by atoms with Crippen molar-refractivity contribution in [2.75, 3.05) is 0 Å². The molecule has 0 saturated carbocycles. The second kappa shape index (κ2) is 10.2. The van der Waals surface area contributed by atoms with E-state index in [4.69, 9.17) is 16.6 Å². The van der Waals surface area contributed by atoms with Crippen molar-refractivity contribution in [3.63, 3.8) is 0 Å². The average molecular weight is 380 g/mol. The minimum Gasteiger partial charge on any atom is -0.480 e. The van der Waals surface area contributed by atoms with Crippen molar-refractivity contribution >= 4 is 23.7 Å². The van der Waals surface area contributed by atoms with Crippen LogP contribution in [0.5, 0.6) is 0 Å². The van der Waals surface area contributed by atoms with E-state index in [9.17, 15) is 24.3 Å². The molecule has 0 saturated heterocycles. The summed E-state index contributed by atoms with van der Waals surface area (Å²) in [5, 5.41) is 23.1. The van der Waals surface area contributed by atoms with Gasteiger partial charge in [0.2, 0.25) is 17.7 Å². The van der Waals surface area contributed by atoms with Gasteiger partial charge in [0.15, 0.2) is 0 Å². The second-order valence-electron chi connectivity index (χ2n) is 6.09. The van der Waals surface area contributed by atoms with Gasteiger partial charge < -0.3 is 32.3 Å². The number of aliphatic hydroxyl groups excluding tert-OH is 1. The summed E-state index contributed by atoms with van der Waals surface area (Å²) in [6, 6.07) is 4.72. The lowest BCUT2D eigenvalue weighted by atomic mass is 10.0. The number of benzene rings is 1. The van der Waals surface area contributed by atoms with Crippen molar-refractivity contribution in [2.24, 2.45) is 11.5 Å². The van der Waals surface area contributed by atoms with Gasteiger partial charge in [-0.25, -0.2) is 4.79 Å². The van der Waals surface area contributed by atoms with Crippen LogP contribution in [-0.2, 0) is 25.6 Å². The number of carboxylic acids is 1. The Labute approximate surface area is 155 Å². The number of aliphatic carboxylic acids is 1. The fourth-order valence-corrected chi connectivity index (χ4v) is 2.22. The lowest BCUT2D eigenvalue weighted by molar-refractivity contribution is -0.143. The molecule has 1 aromatic rings. The highest BCUT2D eigenvalue weighted by Crippen LogP contribution is 2.05. The molecule has 4 atom stereocenters. The molecule has 10 nitrogen and oxygen atoms in total. The Morgan fingerprint density at radius 2 is 1.59 bits per heavy atom. The lowest BCUT2D eigenvalue weighted by Crippen LogP contribution is -2.57. The summed E-state index contributed by atoms with van der Waals surface area (Å²) in [6.45, 7) is 1.32. The van der Waals surface area contributed by atoms with E-state index >= 15 is 0 Å². The molecule has 0 aliphatic carbocycles. The molecule has 0 spiro atoms. The normalized spacial score (nSPS) is 15.1. The number of carbonyl (C=O) groups is 4. The van der Waals surface area contributed by atoms with Crippen LogP contribution in [0.4, 0.5) is 0 Å². The van der Waals surface area contributed by atoms with E-state index in [0.717, 1.165) is 0 Å². The molecule has 0 aliphatic heterocycles. The summed E-state index contributed by atoms with van der Waals surface area (Å²) in [5.74, 6) is -3.93. The monoisotopic (exact) mass is 380 g/mol. The van der Waals surface area contributed by atoms with Crippen molar-refractivity contribution in [2.45, 2.75) is 44.0 Å². The van der Waals surface area contributed by atoms with Gasteiger partial charge in [0.05, 0.1) is 12.5 Å². The summed E-state index contributed by atoms with van der Waals surface area (Å²) in [6.07, 6.45) is -1.69. The van der Waals surface area contributed by atoms with Gasteiger partial charge in [0, 0.05) is 6.42 Å². The largest absolute Gasteiger partial charge is 0.480 e. The van der Waals surface area contributed by atoms with Crippen LogP contribution in [0, 0.1) is 0 Å². The van der Waals surface area contributed by atoms with Crippen LogP contribution < -0.4 is 22.1 Å². The molecule has 1 rings (SSSR count). The van der Waals surface area contributed by atoms with Crippen LogP contribution in [0.25, 0.3) is 0 Å². The van der Waals surface area contributed by atoms with Gasteiger partial charge in [-0.15, -0.1) is 0 Å². The number of nitrogens with one attached hydrogen (secondary N) is 2. The highest BCUT2D eigenvalue weighted by molar-refractivity contribution is 5.93. The van der Waals surface area contributed by atoms with Crippen LogP contribution in [0.15, 0.2) is 30.3 Å². The molecule has 0 aromatic heterocycles. The average Bonchev–Trinajstić information content (AvgIpc) is 2.59. The summed E-state index contributed by atoms with van der Waals surface area (Å²) in [7, 11) is 0. The molecule has 0 bridgehead atoms. The molecule has 148 valence electrons. The third-order valence-corrected chi connectivity index (χ3v) is 3.76. The van der Waals surface area contributed by atoms with Crippen molar-refractivity contribution in [1.82, 2.24) is 10.6 Å². The summed E-state index contributed by atoms with van der Waals surface area (Å²) in [5.41, 5.74) is 11.3. The molecule has 3 amide bonds. The Morgan fingerprint density at radius 1 is 1.04 bits per heavy atom. The standard InChI is InChI=1S/C17H24N4O6/c1-9(22)14(19)16(25)20-11(7-10-5-3-2-4-6-10)15(24)21-12(17(26)27)8-13(18)23/h2-6,9,11-12,14,22H,7-8,19H2,1H3,(H2,18,23)(H,20,25)(H,21,24)(H,26,27)/t9-,11+,12+,14+/m1/s1. The maximum absolute atomic E-state index is 12.5. The summed E-state index contributed by atoms with van der Waals surface area (Å²) in [4.78, 5) is 46.8. The van der Waals surface area contributed by atoms with E-state index < -0.39 is 54.3 Å². The molecule has 10 heteroatoms. The van der Waals surface area contributed by atoms with Gasteiger partial charge in [-0.05, 0) is 12.5 Å². The number of amides is 3. The van der Waals surface area contributed by atoms with Crippen LogP contribution >= 0.6 is 0 Å². The molecule has 0 radical (unpaired) electrons. The summed E-state index contributed by atoms with van der Waals surface area (Å²) >= 11 is 0. The van der Waals surface area contributed by atoms with Crippen LogP contribution in [0.2, 0.25) is 0 Å². The number of aliphatic hydroxyl groups is 1. The third kappa shape index (κ3) is 7.42. The van der Waals surface area contributed by atoms with E-state index in [1.807, 2.05) is 0 Å². The third-order valence-electron chi connectivity index (χ3n) is 3.76. The molecule has 1 aromatic carbocycles. The zero-order chi connectivity index (χ0) is 20.6. The van der Waals surface area contributed by atoms with Crippen molar-refractivity contribution in [3.8, 4) is 0 Å². The highest BCUT2D eigenvalue weighted by atomic mass is 16.4. The van der Waals surface area contributed by atoms with Crippen molar-refractivity contribution < 1.29 is 29.4 Å². The fraction of sp³-hybridized carbons (Fsp3) is 0.412. The number of hydrogen-bond acceptors (Lipinski definition) is 6. The molecule has 27 heavy (non-hydrogen) atoms. The van der Waals surface area contributed by atoms with Gasteiger partial charge in [-0.2, -0.15) is 0 Å². The van der Waals surface area contributed by atoms with Gasteiger partial charge >= 0.3 is 5.97 Å². The predicted molar refractivity (Wildman–Crippen MR) is 95.1 cm³/mol. The van der Waals surface area contributed by atoms with Crippen molar-refractivity contribution in [3.05, 3.63) is 35.9 Å². The molecular formula is C17H24N4O6. The quantitative estimate of drug-likeness (QED) is 0.267. The minimum atomic E-state index is -1.53. The highest BCUT2D eigenvalue weighted by Gasteiger charge is 2.29. The van der Waals surface area contributed by atoms with E-state index in [-0.39, 0.29) is 6.42 Å². The van der Waals surface area contributed by atoms with Gasteiger partial charge in [0.25, 0.3) is 0 Å². The Kier molecular flexibility index (Phi) is 8.36.